The van der Waals surface area contributed by atoms with E-state index in [9.17, 15) is 29.1 Å². The van der Waals surface area contributed by atoms with Gasteiger partial charge in [0.15, 0.2) is 28.9 Å². The van der Waals surface area contributed by atoms with Gasteiger partial charge in [0.1, 0.15) is 37.1 Å². The van der Waals surface area contributed by atoms with Gasteiger partial charge >= 0.3 is 0 Å². The van der Waals surface area contributed by atoms with Gasteiger partial charge in [0.2, 0.25) is 0 Å². The second kappa shape index (κ2) is 20.6. The third kappa shape index (κ3) is 9.44. The fourth-order valence-corrected chi connectivity index (χ4v) is 11.7. The summed E-state index contributed by atoms with van der Waals surface area (Å²) in [7, 11) is 0. The molecule has 2 unspecified atom stereocenters. The average molecular weight is 1190 g/mol. The van der Waals surface area contributed by atoms with Crippen LogP contribution in [0.2, 0.25) is 0 Å². The largest absolute Gasteiger partial charge is 0.488 e. The van der Waals surface area contributed by atoms with Crippen LogP contribution in [0.15, 0.2) is 91.0 Å². The molecule has 0 radical (unpaired) electrons. The Kier molecular flexibility index (Phi) is 14.3. The molecular weight excluding hydrogens is 1150 g/mol. The number of aliphatic hydroxyl groups excluding tert-OH is 1. The van der Waals surface area contributed by atoms with E-state index in [0.717, 1.165) is 145 Å². The highest BCUT2D eigenvalue weighted by molar-refractivity contribution is 9.10. The fraction of sp³-hybridized carbons (Fsp3) is 0.281. The van der Waals surface area contributed by atoms with Gasteiger partial charge in [0.05, 0.1) is 21.6 Å². The van der Waals surface area contributed by atoms with Gasteiger partial charge in [0.25, 0.3) is 0 Å². The molecule has 1 N–H and O–H groups in total. The lowest BCUT2D eigenvalue weighted by Crippen LogP contribution is -2.23. The summed E-state index contributed by atoms with van der Waals surface area (Å²) >= 11 is 13.2. The number of fused-ring (bicyclic) bond motifs is 12. The first-order chi connectivity index (χ1) is 33.9. The zero-order valence-electron chi connectivity index (χ0n) is 37.9. The van der Waals surface area contributed by atoms with E-state index >= 15 is 0 Å². The minimum Gasteiger partial charge on any atom is -0.488 e. The highest BCUT2D eigenvalue weighted by Crippen LogP contribution is 2.45. The number of carbonyl (C=O) groups excluding carboxylic acids is 5. The molecule has 2 atom stereocenters. The molecule has 6 aromatic rings. The Morgan fingerprint density at radius 3 is 1.39 bits per heavy atom. The third-order valence-electron chi connectivity index (χ3n) is 13.9. The van der Waals surface area contributed by atoms with Crippen LogP contribution in [-0.2, 0) is 39.1 Å². The van der Waals surface area contributed by atoms with Crippen molar-refractivity contribution in [2.75, 3.05) is 16.0 Å². The van der Waals surface area contributed by atoms with Crippen LogP contribution in [0.25, 0.3) is 33.4 Å². The van der Waals surface area contributed by atoms with Crippen molar-refractivity contribution in [3.8, 4) is 50.6 Å². The molecule has 3 heterocycles. The molecule has 0 aromatic heterocycles. The van der Waals surface area contributed by atoms with Gasteiger partial charge in [-0.05, 0) is 149 Å². The summed E-state index contributed by atoms with van der Waals surface area (Å²) in [5.74, 6) is 2.99. The van der Waals surface area contributed by atoms with Crippen LogP contribution in [0, 0.1) is 0 Å². The number of aryl methyl sites for hydroxylation is 3. The number of ether oxygens (including phenoxy) is 3. The van der Waals surface area contributed by atoms with E-state index in [-0.39, 0.29) is 33.7 Å². The van der Waals surface area contributed by atoms with Gasteiger partial charge in [0, 0.05) is 62.7 Å². The quantitative estimate of drug-likeness (QED) is 0.128. The average Bonchev–Trinajstić information content (AvgIpc) is 3.40. The molecule has 70 heavy (non-hydrogen) atoms. The topological polar surface area (TPSA) is 133 Å². The normalized spacial score (nSPS) is 16.8. The summed E-state index contributed by atoms with van der Waals surface area (Å²) in [6.45, 7) is 1.31. The molecule has 0 saturated carbocycles. The standard InChI is InChI=1S/C19H14Br2O3.C19H17BrO3.C19H15BrO3/c20-8-17(22)11-1-3-13-12(5-11)9-24-18-7-14-10(6-15(13)18)2-4-16(21)19(14)23;2*20-9-18(22)12-4-5-14-13(6-12)10-23-19-8-15-11(7-16(14)19)2-1-3-17(15)21/h1,3,5-7,16H,2,4,8-9H2;4-8,18,22H,1-3,9-10H2;4-8H,1-3,9-10H2. The van der Waals surface area contributed by atoms with Gasteiger partial charge in [-0.3, -0.25) is 24.0 Å². The summed E-state index contributed by atoms with van der Waals surface area (Å²) in [5.41, 5.74) is 17.5. The van der Waals surface area contributed by atoms with Crippen molar-refractivity contribution in [3.63, 3.8) is 0 Å². The van der Waals surface area contributed by atoms with Gasteiger partial charge in [-0.15, -0.1) is 0 Å². The molecule has 13 heteroatoms. The molecule has 6 aliphatic rings. The minimum absolute atomic E-state index is 0.0583. The Balaban J connectivity index is 0.000000122. The highest BCUT2D eigenvalue weighted by atomic mass is 79.9. The smallest absolute Gasteiger partial charge is 0.176 e. The molecule has 3 aliphatic carbocycles. The lowest BCUT2D eigenvalue weighted by Gasteiger charge is -2.26. The number of halogens is 4. The van der Waals surface area contributed by atoms with Crippen LogP contribution in [0.5, 0.6) is 17.2 Å². The predicted molar refractivity (Wildman–Crippen MR) is 284 cm³/mol. The molecule has 0 bridgehead atoms. The van der Waals surface area contributed by atoms with Gasteiger partial charge in [-0.25, -0.2) is 0 Å². The Morgan fingerprint density at radius 1 is 0.500 bits per heavy atom. The highest BCUT2D eigenvalue weighted by Gasteiger charge is 2.30. The van der Waals surface area contributed by atoms with E-state index in [0.29, 0.717) is 59.8 Å². The first kappa shape index (κ1) is 48.6. The first-order valence-electron chi connectivity index (χ1n) is 23.4. The van der Waals surface area contributed by atoms with E-state index in [1.54, 1.807) is 0 Å². The Bertz CT molecular complexity index is 3180. The van der Waals surface area contributed by atoms with Crippen molar-refractivity contribution in [3.05, 3.63) is 158 Å². The molecule has 9 nitrogen and oxygen atoms in total. The summed E-state index contributed by atoms with van der Waals surface area (Å²) in [6.07, 6.45) is 6.16. The van der Waals surface area contributed by atoms with Crippen molar-refractivity contribution in [2.24, 2.45) is 0 Å². The van der Waals surface area contributed by atoms with E-state index in [2.05, 4.69) is 88.0 Å². The second-order valence-electron chi connectivity index (χ2n) is 18.3. The van der Waals surface area contributed by atoms with Crippen LogP contribution in [0.1, 0.15) is 129 Å². The van der Waals surface area contributed by atoms with Crippen molar-refractivity contribution >= 4 is 92.6 Å². The number of rotatable bonds is 6. The summed E-state index contributed by atoms with van der Waals surface area (Å²) in [6, 6.07) is 29.5. The SMILES string of the molecule is O=C(CBr)c1ccc2c(c1)COc1cc3c(cc1-2)CCC(Br)C3=O.O=C(CBr)c1ccc2c(c1)COc1cc3c(cc1-2)CCCC3=O.O=C1CCCc2cc3c(cc21)OCc1cc(C(O)CBr)ccc1-3. The maximum absolute atomic E-state index is 12.4. The lowest BCUT2D eigenvalue weighted by molar-refractivity contribution is 0.0964. The van der Waals surface area contributed by atoms with E-state index in [4.69, 9.17) is 14.2 Å². The Hall–Kier alpha value is -5.05. The maximum atomic E-state index is 12.4. The van der Waals surface area contributed by atoms with Gasteiger partial charge in [-0.1, -0.05) is 100 Å². The third-order valence-corrected chi connectivity index (χ3v) is 16.4. The van der Waals surface area contributed by atoms with Crippen LogP contribution in [0.4, 0.5) is 0 Å². The Morgan fingerprint density at radius 2 is 0.929 bits per heavy atom. The zero-order valence-corrected chi connectivity index (χ0v) is 44.3. The van der Waals surface area contributed by atoms with Crippen molar-refractivity contribution < 1.29 is 43.3 Å². The minimum atomic E-state index is -0.511. The van der Waals surface area contributed by atoms with E-state index < -0.39 is 6.10 Å². The molecule has 12 rings (SSSR count). The van der Waals surface area contributed by atoms with Crippen LogP contribution >= 0.6 is 63.7 Å². The maximum Gasteiger partial charge on any atom is 0.176 e. The molecule has 0 fully saturated rings. The van der Waals surface area contributed by atoms with Gasteiger partial charge < -0.3 is 19.3 Å². The molecule has 356 valence electrons. The molecule has 0 spiro atoms. The molecule has 6 aromatic carbocycles. The van der Waals surface area contributed by atoms with Crippen LogP contribution in [0.3, 0.4) is 0 Å². The summed E-state index contributed by atoms with van der Waals surface area (Å²) < 4.78 is 17.6. The second-order valence-corrected chi connectivity index (χ2v) is 21.1. The van der Waals surface area contributed by atoms with Crippen molar-refractivity contribution in [1.82, 2.24) is 0 Å². The molecule has 0 amide bonds. The number of hydrogen-bond donors (Lipinski definition) is 1. The molecule has 3 aliphatic heterocycles. The van der Waals surface area contributed by atoms with Crippen LogP contribution in [-0.4, -0.2) is 54.8 Å². The predicted octanol–water partition coefficient (Wildman–Crippen LogP) is 13.3. The number of carbonyl (C=O) groups is 5. The van der Waals surface area contributed by atoms with Crippen LogP contribution < -0.4 is 14.2 Å². The first-order valence-corrected chi connectivity index (χ1v) is 27.7. The monoisotopic (exact) mass is 1190 g/mol. The fourth-order valence-electron chi connectivity index (χ4n) is 10.2. The number of hydrogen-bond acceptors (Lipinski definition) is 9. The van der Waals surface area contributed by atoms with Gasteiger partial charge in [-0.2, -0.15) is 0 Å². The Labute approximate surface area is 439 Å². The lowest BCUT2D eigenvalue weighted by atomic mass is 9.85. The van der Waals surface area contributed by atoms with Crippen molar-refractivity contribution in [1.29, 1.82) is 0 Å². The number of Topliss-reactive ketones (excluding diaryl/α,β-unsaturated/α-hetero) is 5. The molecule has 0 saturated heterocycles. The summed E-state index contributed by atoms with van der Waals surface area (Å²) in [4.78, 5) is 60.1. The van der Waals surface area contributed by atoms with E-state index in [1.165, 1.54) is 0 Å². The molecular formula is C57H46Br4O9. The van der Waals surface area contributed by atoms with Crippen molar-refractivity contribution in [2.45, 2.75) is 82.1 Å². The number of alkyl halides is 4. The van der Waals surface area contributed by atoms with E-state index in [1.807, 2.05) is 66.7 Å². The zero-order chi connectivity index (χ0) is 48.8. The number of ketones is 5. The number of aliphatic hydroxyl groups is 1. The summed E-state index contributed by atoms with van der Waals surface area (Å²) in [5, 5.41) is 11.1. The number of benzene rings is 6.